The molecule has 1 aliphatic rings. The van der Waals surface area contributed by atoms with E-state index in [-0.39, 0.29) is 6.54 Å². The maximum Gasteiger partial charge on any atom is 0.492 e. The van der Waals surface area contributed by atoms with Crippen LogP contribution in [0.4, 0.5) is 4.79 Å². The Balaban J connectivity index is 1.97. The lowest BCUT2D eigenvalue weighted by molar-refractivity contribution is 0.00578. The summed E-state index contributed by atoms with van der Waals surface area (Å²) in [6, 6.07) is 7.78. The molecule has 2 aromatic rings. The second kappa shape index (κ2) is 8.45. The van der Waals surface area contributed by atoms with Crippen LogP contribution in [0.15, 0.2) is 35.9 Å². The van der Waals surface area contributed by atoms with Crippen LogP contribution in [-0.2, 0) is 14.0 Å². The Bertz CT molecular complexity index is 998. The summed E-state index contributed by atoms with van der Waals surface area (Å²) in [5.41, 5.74) is -0.00453. The first kappa shape index (κ1) is 23.6. The molecule has 1 fully saturated rings. The van der Waals surface area contributed by atoms with E-state index in [2.05, 4.69) is 10.3 Å². The number of alkyl carbamates (subject to hydrolysis) is 1. The van der Waals surface area contributed by atoms with Crippen molar-refractivity contribution in [3.05, 3.63) is 46.7 Å². The minimum absolute atomic E-state index is 0.197. The molecule has 1 N–H and O–H groups in total. The summed E-state index contributed by atoms with van der Waals surface area (Å²) < 4.78 is 17.9. The van der Waals surface area contributed by atoms with E-state index >= 15 is 0 Å². The summed E-state index contributed by atoms with van der Waals surface area (Å²) >= 11 is 6.28. The maximum atomic E-state index is 12.3. The topological polar surface area (TPSA) is 69.7 Å². The number of nitrogens with zero attached hydrogens (tertiary/aromatic N) is 1. The Morgan fingerprint density at radius 3 is 2.32 bits per heavy atom. The zero-order valence-corrected chi connectivity index (χ0v) is 20.0. The molecule has 31 heavy (non-hydrogen) atoms. The number of hydrogen-bond acceptors (Lipinski definition) is 5. The summed E-state index contributed by atoms with van der Waals surface area (Å²) in [5.74, 6) is 0. The van der Waals surface area contributed by atoms with Crippen LogP contribution in [0.1, 0.15) is 54.0 Å². The molecule has 3 rings (SSSR count). The van der Waals surface area contributed by atoms with Crippen molar-refractivity contribution in [3.63, 3.8) is 0 Å². The van der Waals surface area contributed by atoms with E-state index < -0.39 is 30.0 Å². The third-order valence-corrected chi connectivity index (χ3v) is 5.81. The van der Waals surface area contributed by atoms with Crippen LogP contribution in [0.2, 0.25) is 5.15 Å². The summed E-state index contributed by atoms with van der Waals surface area (Å²) in [4.78, 5) is 16.6. The summed E-state index contributed by atoms with van der Waals surface area (Å²) in [5, 5.41) is 5.06. The molecular formula is C23H30BClN2O4. The minimum Gasteiger partial charge on any atom is -0.444 e. The first-order valence-corrected chi connectivity index (χ1v) is 10.7. The molecule has 1 saturated heterocycles. The Hall–Kier alpha value is -2.09. The van der Waals surface area contributed by atoms with Gasteiger partial charge in [0.2, 0.25) is 0 Å². The molecule has 0 saturated carbocycles. The van der Waals surface area contributed by atoms with Gasteiger partial charge in [-0.3, -0.25) is 0 Å². The number of halogens is 1. The fourth-order valence-corrected chi connectivity index (χ4v) is 3.39. The summed E-state index contributed by atoms with van der Waals surface area (Å²) in [7, 11) is -0.630. The van der Waals surface area contributed by atoms with Gasteiger partial charge < -0.3 is 19.4 Å². The van der Waals surface area contributed by atoms with E-state index in [4.69, 9.17) is 25.6 Å². The molecule has 1 aliphatic heterocycles. The number of ether oxygens (including phenoxy) is 1. The molecule has 0 unspecified atom stereocenters. The fourth-order valence-electron chi connectivity index (χ4n) is 3.18. The second-order valence-electron chi connectivity index (χ2n) is 9.71. The number of fused-ring (bicyclic) bond motifs is 1. The van der Waals surface area contributed by atoms with Crippen molar-refractivity contribution in [2.24, 2.45) is 0 Å². The van der Waals surface area contributed by atoms with E-state index in [0.717, 1.165) is 21.8 Å². The predicted octanol–water partition coefficient (Wildman–Crippen LogP) is 5.43. The molecule has 0 aliphatic carbocycles. The van der Waals surface area contributed by atoms with Crippen molar-refractivity contribution in [1.82, 2.24) is 10.3 Å². The van der Waals surface area contributed by atoms with Gasteiger partial charge in [0.25, 0.3) is 0 Å². The molecule has 0 atom stereocenters. The molecular weight excluding hydrogens is 415 g/mol. The number of carbonyl (C=O) groups is 1. The zero-order valence-electron chi connectivity index (χ0n) is 19.2. The van der Waals surface area contributed by atoms with Gasteiger partial charge in [-0.2, -0.15) is 0 Å². The quantitative estimate of drug-likeness (QED) is 0.503. The lowest BCUT2D eigenvalue weighted by Gasteiger charge is -2.32. The van der Waals surface area contributed by atoms with Crippen molar-refractivity contribution in [1.29, 1.82) is 0 Å². The molecule has 1 aromatic carbocycles. The lowest BCUT2D eigenvalue weighted by Crippen LogP contribution is -2.41. The standard InChI is InChI=1S/C23H30BClN2O4/c1-21(2,3)29-20(28)27-14-16(24-30-22(4,5)23(6,7)31-24)12-15-13-26-19(25)18-11-9-8-10-17(15)18/h8-13H,14H2,1-7H3,(H,27,28). The third-order valence-electron chi connectivity index (χ3n) is 5.51. The van der Waals surface area contributed by atoms with Crippen molar-refractivity contribution in [2.75, 3.05) is 6.54 Å². The highest BCUT2D eigenvalue weighted by Crippen LogP contribution is 2.39. The molecule has 8 heteroatoms. The number of benzene rings is 1. The van der Waals surface area contributed by atoms with E-state index in [0.29, 0.717) is 5.15 Å². The van der Waals surface area contributed by atoms with Crippen molar-refractivity contribution in [3.8, 4) is 0 Å². The Labute approximate surface area is 189 Å². The van der Waals surface area contributed by atoms with E-state index in [9.17, 15) is 4.79 Å². The molecule has 0 radical (unpaired) electrons. The van der Waals surface area contributed by atoms with Crippen molar-refractivity contribution < 1.29 is 18.8 Å². The fraction of sp³-hybridized carbons (Fsp3) is 0.478. The minimum atomic E-state index is -0.630. The van der Waals surface area contributed by atoms with Gasteiger partial charge in [-0.25, -0.2) is 9.78 Å². The van der Waals surface area contributed by atoms with Crippen molar-refractivity contribution in [2.45, 2.75) is 65.3 Å². The number of aromatic nitrogens is 1. The monoisotopic (exact) mass is 444 g/mol. The van der Waals surface area contributed by atoms with Crippen LogP contribution in [-0.4, -0.2) is 41.5 Å². The first-order valence-electron chi connectivity index (χ1n) is 10.4. The molecule has 1 amide bonds. The average molecular weight is 445 g/mol. The summed E-state index contributed by atoms with van der Waals surface area (Å²) in [6.45, 7) is 13.6. The van der Waals surface area contributed by atoms with Crippen LogP contribution >= 0.6 is 11.6 Å². The van der Waals surface area contributed by atoms with Gasteiger partial charge in [-0.1, -0.05) is 41.9 Å². The zero-order chi connectivity index (χ0) is 23.0. The van der Waals surface area contributed by atoms with Crippen LogP contribution in [0.3, 0.4) is 0 Å². The Morgan fingerprint density at radius 2 is 1.74 bits per heavy atom. The smallest absolute Gasteiger partial charge is 0.444 e. The van der Waals surface area contributed by atoms with Crippen LogP contribution in [0.5, 0.6) is 0 Å². The van der Waals surface area contributed by atoms with Gasteiger partial charge in [0.05, 0.1) is 11.2 Å². The number of carbonyl (C=O) groups excluding carboxylic acids is 1. The lowest BCUT2D eigenvalue weighted by atomic mass is 9.76. The van der Waals surface area contributed by atoms with E-state index in [1.54, 1.807) is 6.20 Å². The SMILES string of the molecule is CC(C)(C)OC(=O)NCC(=Cc1cnc(Cl)c2ccccc12)B1OC(C)(C)C(C)(C)O1. The molecule has 0 bridgehead atoms. The number of rotatable bonds is 4. The van der Waals surface area contributed by atoms with Gasteiger partial charge in [0.1, 0.15) is 10.8 Å². The van der Waals surface area contributed by atoms with E-state index in [1.807, 2.05) is 78.8 Å². The number of nitrogens with one attached hydrogen (secondary N) is 1. The second-order valence-corrected chi connectivity index (χ2v) is 10.1. The number of amides is 1. The van der Waals surface area contributed by atoms with Crippen LogP contribution in [0.25, 0.3) is 16.8 Å². The predicted molar refractivity (Wildman–Crippen MR) is 125 cm³/mol. The maximum absolute atomic E-state index is 12.3. The molecule has 166 valence electrons. The first-order chi connectivity index (χ1) is 14.3. The molecule has 0 spiro atoms. The molecule has 6 nitrogen and oxygen atoms in total. The van der Waals surface area contributed by atoms with Gasteiger partial charge >= 0.3 is 13.2 Å². The normalized spacial score (nSPS) is 18.3. The Kier molecular flexibility index (Phi) is 6.43. The van der Waals surface area contributed by atoms with Gasteiger partial charge in [-0.05, 0) is 59.3 Å². The molecule has 2 heterocycles. The summed E-state index contributed by atoms with van der Waals surface area (Å²) in [6.07, 6.45) is 3.14. The van der Waals surface area contributed by atoms with Gasteiger partial charge in [0.15, 0.2) is 0 Å². The highest BCUT2D eigenvalue weighted by atomic mass is 35.5. The van der Waals surface area contributed by atoms with Crippen LogP contribution in [0, 0.1) is 0 Å². The number of hydrogen-bond donors (Lipinski definition) is 1. The highest BCUT2D eigenvalue weighted by Gasteiger charge is 2.52. The molecule has 1 aromatic heterocycles. The third kappa shape index (κ3) is 5.40. The Morgan fingerprint density at radius 1 is 1.16 bits per heavy atom. The van der Waals surface area contributed by atoms with Crippen molar-refractivity contribution >= 4 is 41.7 Å². The highest BCUT2D eigenvalue weighted by molar-refractivity contribution is 6.56. The average Bonchev–Trinajstić information content (AvgIpc) is 2.86. The van der Waals surface area contributed by atoms with Crippen LogP contribution < -0.4 is 5.32 Å². The van der Waals surface area contributed by atoms with Gasteiger partial charge in [-0.15, -0.1) is 0 Å². The largest absolute Gasteiger partial charge is 0.492 e. The van der Waals surface area contributed by atoms with Gasteiger partial charge in [0, 0.05) is 23.7 Å². The number of pyridine rings is 1. The van der Waals surface area contributed by atoms with E-state index in [1.165, 1.54) is 0 Å².